The Morgan fingerprint density at radius 1 is 1.31 bits per heavy atom. The molecule has 1 rings (SSSR count). The zero-order chi connectivity index (χ0) is 12.2. The predicted octanol–water partition coefficient (Wildman–Crippen LogP) is 3.42. The third kappa shape index (κ3) is 4.45. The fraction of sp³-hybridized carbons (Fsp3) is 0.417. The maximum atomic E-state index is 11.6. The van der Waals surface area contributed by atoms with Crippen molar-refractivity contribution in [3.8, 4) is 0 Å². The van der Waals surface area contributed by atoms with Crippen LogP contribution in [-0.2, 0) is 17.4 Å². The molecule has 0 aliphatic carbocycles. The van der Waals surface area contributed by atoms with Gasteiger partial charge in [-0.05, 0) is 38.5 Å². The van der Waals surface area contributed by atoms with E-state index in [9.17, 15) is 4.21 Å². The Labute approximate surface area is 104 Å². The first kappa shape index (κ1) is 13.4. The summed E-state index contributed by atoms with van der Waals surface area (Å²) < 4.78 is 15.3. The van der Waals surface area contributed by atoms with Crippen LogP contribution in [0.5, 0.6) is 0 Å². The van der Waals surface area contributed by atoms with E-state index in [1.165, 1.54) is 0 Å². The van der Waals surface area contributed by atoms with Crippen molar-refractivity contribution in [2.24, 2.45) is 4.40 Å². The van der Waals surface area contributed by atoms with E-state index in [0.29, 0.717) is 6.42 Å². The van der Waals surface area contributed by atoms with Crippen LogP contribution in [0.3, 0.4) is 0 Å². The normalized spacial score (nSPS) is 14.2. The first-order chi connectivity index (χ1) is 7.39. The largest absolute Gasteiger partial charge is 0.234 e. The maximum Gasteiger partial charge on any atom is 0.144 e. The third-order valence-electron chi connectivity index (χ3n) is 1.93. The Balaban J connectivity index is 2.55. The quantitative estimate of drug-likeness (QED) is 0.763. The molecule has 0 saturated carbocycles. The second kappa shape index (κ2) is 5.60. The molecule has 0 spiro atoms. The average molecular weight is 258 g/mol. The molecular formula is C12H16ClNOS. The van der Waals surface area contributed by atoms with Crippen LogP contribution in [0, 0.1) is 0 Å². The van der Waals surface area contributed by atoms with E-state index in [1.807, 2.05) is 45.0 Å². The van der Waals surface area contributed by atoms with Crippen LogP contribution in [-0.4, -0.2) is 15.2 Å². The van der Waals surface area contributed by atoms with E-state index in [1.54, 1.807) is 6.21 Å². The highest BCUT2D eigenvalue weighted by atomic mass is 35.5. The van der Waals surface area contributed by atoms with Crippen molar-refractivity contribution >= 4 is 28.8 Å². The standard InChI is InChI=1S/C12H16ClNOS/c1-12(2,3)16(15)14-9-8-10-4-6-11(13)7-5-10/h4-7,9H,8H2,1-3H3/b14-9-/t16-/m0/s1. The third-order valence-corrected chi connectivity index (χ3v) is 3.57. The van der Waals surface area contributed by atoms with Crippen molar-refractivity contribution in [3.63, 3.8) is 0 Å². The first-order valence-electron chi connectivity index (χ1n) is 5.08. The molecule has 0 N–H and O–H groups in total. The Morgan fingerprint density at radius 3 is 2.38 bits per heavy atom. The highest BCUT2D eigenvalue weighted by Crippen LogP contribution is 2.12. The molecule has 16 heavy (non-hydrogen) atoms. The van der Waals surface area contributed by atoms with Crippen LogP contribution in [0.4, 0.5) is 0 Å². The highest BCUT2D eigenvalue weighted by Gasteiger charge is 2.17. The highest BCUT2D eigenvalue weighted by molar-refractivity contribution is 7.85. The predicted molar refractivity (Wildman–Crippen MR) is 71.5 cm³/mol. The fourth-order valence-corrected chi connectivity index (χ4v) is 1.64. The van der Waals surface area contributed by atoms with E-state index in [2.05, 4.69) is 4.40 Å². The molecule has 0 heterocycles. The first-order valence-corrected chi connectivity index (χ1v) is 6.57. The summed E-state index contributed by atoms with van der Waals surface area (Å²) >= 11 is 5.77. The van der Waals surface area contributed by atoms with E-state index in [-0.39, 0.29) is 4.75 Å². The van der Waals surface area contributed by atoms with Crippen LogP contribution in [0.2, 0.25) is 5.02 Å². The molecule has 1 atom stereocenters. The smallest absolute Gasteiger partial charge is 0.144 e. The summed E-state index contributed by atoms with van der Waals surface area (Å²) in [5.74, 6) is 0. The molecule has 0 radical (unpaired) electrons. The molecule has 0 aromatic heterocycles. The molecule has 1 aromatic carbocycles. The van der Waals surface area contributed by atoms with Gasteiger partial charge < -0.3 is 0 Å². The van der Waals surface area contributed by atoms with Crippen molar-refractivity contribution in [2.45, 2.75) is 31.9 Å². The monoisotopic (exact) mass is 257 g/mol. The van der Waals surface area contributed by atoms with Gasteiger partial charge in [0, 0.05) is 17.7 Å². The summed E-state index contributed by atoms with van der Waals surface area (Å²) in [5, 5.41) is 0.721. The Hall–Kier alpha value is -0.670. The van der Waals surface area contributed by atoms with Gasteiger partial charge in [0.1, 0.15) is 11.0 Å². The Bertz CT molecular complexity index is 392. The van der Waals surface area contributed by atoms with Crippen molar-refractivity contribution < 1.29 is 4.21 Å². The lowest BCUT2D eigenvalue weighted by molar-refractivity contribution is 0.651. The zero-order valence-electron chi connectivity index (χ0n) is 9.74. The summed E-state index contributed by atoms with van der Waals surface area (Å²) in [6.45, 7) is 5.72. The molecule has 0 bridgehead atoms. The molecule has 0 amide bonds. The van der Waals surface area contributed by atoms with Crippen molar-refractivity contribution in [2.75, 3.05) is 0 Å². The topological polar surface area (TPSA) is 29.4 Å². The minimum absolute atomic E-state index is 0.295. The Kier molecular flexibility index (Phi) is 4.69. The van der Waals surface area contributed by atoms with Gasteiger partial charge in [-0.1, -0.05) is 23.7 Å². The summed E-state index contributed by atoms with van der Waals surface area (Å²) in [7, 11) is -1.17. The molecule has 0 aliphatic heterocycles. The summed E-state index contributed by atoms with van der Waals surface area (Å²) in [6.07, 6.45) is 2.38. The summed E-state index contributed by atoms with van der Waals surface area (Å²) in [4.78, 5) is 0. The number of hydrogen-bond donors (Lipinski definition) is 0. The van der Waals surface area contributed by atoms with Crippen LogP contribution in [0.15, 0.2) is 28.7 Å². The van der Waals surface area contributed by atoms with Gasteiger partial charge in [-0.25, -0.2) is 4.21 Å². The van der Waals surface area contributed by atoms with Gasteiger partial charge >= 0.3 is 0 Å². The minimum Gasteiger partial charge on any atom is -0.234 e. The average Bonchev–Trinajstić information content (AvgIpc) is 2.19. The number of benzene rings is 1. The van der Waals surface area contributed by atoms with Gasteiger partial charge in [0.05, 0.1) is 4.75 Å². The van der Waals surface area contributed by atoms with E-state index in [4.69, 9.17) is 11.6 Å². The second-order valence-corrected chi connectivity index (χ2v) is 6.85. The number of halogens is 1. The maximum absolute atomic E-state index is 11.6. The molecular weight excluding hydrogens is 242 g/mol. The summed E-state index contributed by atoms with van der Waals surface area (Å²) in [5.41, 5.74) is 1.11. The van der Waals surface area contributed by atoms with Crippen LogP contribution < -0.4 is 0 Å². The molecule has 0 unspecified atom stereocenters. The van der Waals surface area contributed by atoms with Gasteiger partial charge in [0.25, 0.3) is 0 Å². The number of nitrogens with zero attached hydrogens (tertiary/aromatic N) is 1. The summed E-state index contributed by atoms with van der Waals surface area (Å²) in [6, 6.07) is 7.56. The number of hydrogen-bond acceptors (Lipinski definition) is 1. The lowest BCUT2D eigenvalue weighted by atomic mass is 10.2. The molecule has 0 fully saturated rings. The molecule has 88 valence electrons. The second-order valence-electron chi connectivity index (χ2n) is 4.48. The molecule has 0 saturated heterocycles. The zero-order valence-corrected chi connectivity index (χ0v) is 11.3. The van der Waals surface area contributed by atoms with Gasteiger partial charge in [0.2, 0.25) is 0 Å². The fourth-order valence-electron chi connectivity index (χ4n) is 0.989. The van der Waals surface area contributed by atoms with E-state index in [0.717, 1.165) is 10.6 Å². The van der Waals surface area contributed by atoms with Gasteiger partial charge in [0.15, 0.2) is 0 Å². The van der Waals surface area contributed by atoms with E-state index < -0.39 is 11.0 Å². The number of rotatable bonds is 3. The Morgan fingerprint density at radius 2 is 1.88 bits per heavy atom. The van der Waals surface area contributed by atoms with Crippen molar-refractivity contribution in [1.29, 1.82) is 0 Å². The molecule has 1 aromatic rings. The van der Waals surface area contributed by atoms with Crippen molar-refractivity contribution in [3.05, 3.63) is 34.9 Å². The van der Waals surface area contributed by atoms with Crippen LogP contribution >= 0.6 is 11.6 Å². The molecule has 0 aliphatic rings. The van der Waals surface area contributed by atoms with Crippen LogP contribution in [0.25, 0.3) is 0 Å². The van der Waals surface area contributed by atoms with Crippen molar-refractivity contribution in [1.82, 2.24) is 0 Å². The molecule has 4 heteroatoms. The van der Waals surface area contributed by atoms with E-state index >= 15 is 0 Å². The SMILES string of the molecule is CC(C)(C)[S@](=O)/N=C\Cc1ccc(Cl)cc1. The van der Waals surface area contributed by atoms with Gasteiger partial charge in [-0.3, -0.25) is 0 Å². The molecule has 2 nitrogen and oxygen atoms in total. The van der Waals surface area contributed by atoms with Gasteiger partial charge in [-0.15, -0.1) is 0 Å². The lowest BCUT2D eigenvalue weighted by Crippen LogP contribution is -2.19. The lowest BCUT2D eigenvalue weighted by Gasteiger charge is -2.12. The minimum atomic E-state index is -1.17. The van der Waals surface area contributed by atoms with Crippen LogP contribution in [0.1, 0.15) is 26.3 Å². The van der Waals surface area contributed by atoms with Gasteiger partial charge in [-0.2, -0.15) is 4.40 Å².